The third-order valence-corrected chi connectivity index (χ3v) is 2.27. The molecule has 0 fully saturated rings. The van der Waals surface area contributed by atoms with Gasteiger partial charge in [-0.15, -0.1) is 5.10 Å². The highest BCUT2D eigenvalue weighted by Crippen LogP contribution is 1.92. The Labute approximate surface area is 93.5 Å². The van der Waals surface area contributed by atoms with Gasteiger partial charge in [-0.3, -0.25) is 4.68 Å². The topological polar surface area (TPSA) is 73.5 Å². The first kappa shape index (κ1) is 10.7. The summed E-state index contributed by atoms with van der Waals surface area (Å²) in [6.07, 6.45) is 5.10. The van der Waals surface area contributed by atoms with Crippen molar-refractivity contribution in [1.82, 2.24) is 35.1 Å². The van der Waals surface area contributed by atoms with E-state index in [1.807, 2.05) is 17.8 Å². The molecule has 0 aliphatic heterocycles. The van der Waals surface area contributed by atoms with Crippen molar-refractivity contribution in [2.45, 2.75) is 26.6 Å². The van der Waals surface area contributed by atoms with Gasteiger partial charge in [0.05, 0.1) is 19.3 Å². The minimum Gasteiger partial charge on any atom is -0.308 e. The number of nitrogens with one attached hydrogen (secondary N) is 1. The molecular formula is C9H15N7. The molecule has 0 atom stereocenters. The third kappa shape index (κ3) is 2.63. The van der Waals surface area contributed by atoms with Crippen LogP contribution in [0.1, 0.15) is 12.7 Å². The summed E-state index contributed by atoms with van der Waals surface area (Å²) in [6, 6.07) is 0. The van der Waals surface area contributed by atoms with Crippen LogP contribution in [-0.2, 0) is 19.6 Å². The molecule has 1 N–H and O–H groups in total. The van der Waals surface area contributed by atoms with Crippen molar-refractivity contribution in [1.29, 1.82) is 0 Å². The summed E-state index contributed by atoms with van der Waals surface area (Å²) in [5.74, 6) is 0.959. The highest BCUT2D eigenvalue weighted by molar-refractivity contribution is 4.83. The lowest BCUT2D eigenvalue weighted by Crippen LogP contribution is -2.22. The maximum absolute atomic E-state index is 4.18. The fourth-order valence-electron chi connectivity index (χ4n) is 1.43. The van der Waals surface area contributed by atoms with E-state index in [2.05, 4.69) is 25.7 Å². The molecule has 0 unspecified atom stereocenters. The molecule has 7 heteroatoms. The van der Waals surface area contributed by atoms with Crippen LogP contribution >= 0.6 is 0 Å². The van der Waals surface area contributed by atoms with E-state index >= 15 is 0 Å². The van der Waals surface area contributed by atoms with Gasteiger partial charge in [0.15, 0.2) is 0 Å². The van der Waals surface area contributed by atoms with Crippen molar-refractivity contribution in [2.24, 2.45) is 0 Å². The normalized spacial score (nSPS) is 10.8. The zero-order valence-electron chi connectivity index (χ0n) is 9.24. The van der Waals surface area contributed by atoms with Crippen LogP contribution in [0, 0.1) is 0 Å². The summed E-state index contributed by atoms with van der Waals surface area (Å²) in [5, 5.41) is 15.0. The predicted octanol–water partition coefficient (Wildman–Crippen LogP) is -0.321. The largest absolute Gasteiger partial charge is 0.308 e. The van der Waals surface area contributed by atoms with Crippen LogP contribution in [0.4, 0.5) is 0 Å². The summed E-state index contributed by atoms with van der Waals surface area (Å²) in [7, 11) is 0. The molecule has 2 rings (SSSR count). The average molecular weight is 221 g/mol. The van der Waals surface area contributed by atoms with Crippen LogP contribution < -0.4 is 5.32 Å². The van der Waals surface area contributed by atoms with Gasteiger partial charge in [0.2, 0.25) is 0 Å². The van der Waals surface area contributed by atoms with Gasteiger partial charge in [-0.05, 0) is 6.92 Å². The fraction of sp³-hybridized carbons (Fsp3) is 0.556. The zero-order chi connectivity index (χ0) is 11.2. The number of aryl methyl sites for hydroxylation is 1. The van der Waals surface area contributed by atoms with E-state index < -0.39 is 0 Å². The molecule has 0 saturated heterocycles. The Morgan fingerprint density at radius 1 is 1.44 bits per heavy atom. The van der Waals surface area contributed by atoms with E-state index in [-0.39, 0.29) is 0 Å². The van der Waals surface area contributed by atoms with Gasteiger partial charge in [0.25, 0.3) is 0 Å². The predicted molar refractivity (Wildman–Crippen MR) is 57.4 cm³/mol. The summed E-state index contributed by atoms with van der Waals surface area (Å²) in [6.45, 7) is 5.26. The Morgan fingerprint density at radius 3 is 3.12 bits per heavy atom. The van der Waals surface area contributed by atoms with Crippen molar-refractivity contribution in [3.63, 3.8) is 0 Å². The number of hydrogen-bond donors (Lipinski definition) is 1. The summed E-state index contributed by atoms with van der Waals surface area (Å²) >= 11 is 0. The lowest BCUT2D eigenvalue weighted by atomic mass is 10.5. The molecule has 0 radical (unpaired) electrons. The molecular weight excluding hydrogens is 206 g/mol. The second-order valence-corrected chi connectivity index (χ2v) is 3.33. The van der Waals surface area contributed by atoms with E-state index in [1.165, 1.54) is 0 Å². The molecule has 0 aromatic carbocycles. The summed E-state index contributed by atoms with van der Waals surface area (Å²) in [4.78, 5) is 4.18. The van der Waals surface area contributed by atoms with Crippen molar-refractivity contribution < 1.29 is 0 Å². The molecule has 86 valence electrons. The van der Waals surface area contributed by atoms with Crippen molar-refractivity contribution in [3.8, 4) is 0 Å². The second kappa shape index (κ2) is 5.36. The summed E-state index contributed by atoms with van der Waals surface area (Å²) < 4.78 is 3.67. The van der Waals surface area contributed by atoms with Gasteiger partial charge in [0, 0.05) is 19.3 Å². The number of rotatable bonds is 6. The monoisotopic (exact) mass is 221 g/mol. The van der Waals surface area contributed by atoms with E-state index in [0.717, 1.165) is 32.0 Å². The zero-order valence-corrected chi connectivity index (χ0v) is 9.24. The molecule has 2 heterocycles. The molecule has 7 nitrogen and oxygen atoms in total. The molecule has 2 aromatic rings. The van der Waals surface area contributed by atoms with Gasteiger partial charge in [-0.2, -0.15) is 5.10 Å². The van der Waals surface area contributed by atoms with E-state index in [1.54, 1.807) is 17.2 Å². The van der Waals surface area contributed by atoms with Crippen molar-refractivity contribution >= 4 is 0 Å². The minimum atomic E-state index is 0.725. The number of aromatic nitrogens is 6. The first-order valence-electron chi connectivity index (χ1n) is 5.31. The quantitative estimate of drug-likeness (QED) is 0.677. The summed E-state index contributed by atoms with van der Waals surface area (Å²) in [5.41, 5.74) is 0. The minimum absolute atomic E-state index is 0.725. The number of nitrogens with zero attached hydrogens (tertiary/aromatic N) is 6. The Kier molecular flexibility index (Phi) is 3.60. The second-order valence-electron chi connectivity index (χ2n) is 3.33. The highest BCUT2D eigenvalue weighted by atomic mass is 15.4. The first-order valence-corrected chi connectivity index (χ1v) is 5.31. The molecule has 2 aromatic heterocycles. The molecule has 0 aliphatic rings. The Balaban J connectivity index is 1.72. The standard InChI is InChI=1S/C9H15N7/c1-2-16-9(11-8-13-16)7-10-3-5-15-6-4-12-14-15/h4,6,8,10H,2-3,5,7H2,1H3. The number of hydrogen-bond acceptors (Lipinski definition) is 5. The van der Waals surface area contributed by atoms with Crippen LogP contribution in [-0.4, -0.2) is 36.3 Å². The molecule has 0 bridgehead atoms. The van der Waals surface area contributed by atoms with Crippen LogP contribution in [0.25, 0.3) is 0 Å². The lowest BCUT2D eigenvalue weighted by Gasteiger charge is -2.05. The lowest BCUT2D eigenvalue weighted by molar-refractivity contribution is 0.517. The Hall–Kier alpha value is -1.76. The van der Waals surface area contributed by atoms with E-state index in [0.29, 0.717) is 0 Å². The van der Waals surface area contributed by atoms with E-state index in [9.17, 15) is 0 Å². The van der Waals surface area contributed by atoms with Gasteiger partial charge >= 0.3 is 0 Å². The van der Waals surface area contributed by atoms with Crippen LogP contribution in [0.2, 0.25) is 0 Å². The molecule has 0 spiro atoms. The smallest absolute Gasteiger partial charge is 0.140 e. The fourth-order valence-corrected chi connectivity index (χ4v) is 1.43. The highest BCUT2D eigenvalue weighted by Gasteiger charge is 2.01. The van der Waals surface area contributed by atoms with Crippen LogP contribution in [0.15, 0.2) is 18.7 Å². The van der Waals surface area contributed by atoms with Gasteiger partial charge in [-0.1, -0.05) is 5.21 Å². The van der Waals surface area contributed by atoms with Crippen molar-refractivity contribution in [2.75, 3.05) is 6.54 Å². The van der Waals surface area contributed by atoms with Gasteiger partial charge in [-0.25, -0.2) is 9.67 Å². The molecule has 16 heavy (non-hydrogen) atoms. The molecule has 0 aliphatic carbocycles. The Morgan fingerprint density at radius 2 is 2.38 bits per heavy atom. The maximum Gasteiger partial charge on any atom is 0.140 e. The SMILES string of the molecule is CCn1ncnc1CNCCn1ccnn1. The first-order chi connectivity index (χ1) is 7.90. The maximum atomic E-state index is 4.18. The van der Waals surface area contributed by atoms with Crippen LogP contribution in [0.5, 0.6) is 0 Å². The van der Waals surface area contributed by atoms with E-state index in [4.69, 9.17) is 0 Å². The molecule has 0 amide bonds. The molecule has 0 saturated carbocycles. The third-order valence-electron chi connectivity index (χ3n) is 2.27. The van der Waals surface area contributed by atoms with Gasteiger partial charge < -0.3 is 5.32 Å². The van der Waals surface area contributed by atoms with Gasteiger partial charge in [0.1, 0.15) is 12.2 Å². The van der Waals surface area contributed by atoms with Crippen molar-refractivity contribution in [3.05, 3.63) is 24.5 Å². The van der Waals surface area contributed by atoms with Crippen LogP contribution in [0.3, 0.4) is 0 Å². The Bertz CT molecular complexity index is 405. The average Bonchev–Trinajstić information content (AvgIpc) is 2.95.